The highest BCUT2D eigenvalue weighted by Gasteiger charge is 2.31. The molecule has 2 rings (SSSR count). The maximum absolute atomic E-state index is 12.4. The van der Waals surface area contributed by atoms with Crippen molar-refractivity contribution in [2.45, 2.75) is 25.1 Å². The number of hydrogen-bond acceptors (Lipinski definition) is 4. The highest BCUT2D eigenvalue weighted by atomic mass is 32.2. The molecule has 1 unspecified atom stereocenters. The maximum Gasteiger partial charge on any atom is 0.417 e. The first-order chi connectivity index (χ1) is 9.66. The van der Waals surface area contributed by atoms with Crippen LogP contribution in [0.5, 0.6) is 0 Å². The molecule has 0 spiro atoms. The Morgan fingerprint density at radius 3 is 2.62 bits per heavy atom. The molecular weight excluding hydrogens is 307 g/mol. The minimum Gasteiger partial charge on any atom is -0.366 e. The number of piperidine rings is 1. The van der Waals surface area contributed by atoms with Gasteiger partial charge < -0.3 is 5.32 Å². The second-order valence-electron chi connectivity index (χ2n) is 5.03. The first kappa shape index (κ1) is 16.0. The van der Waals surface area contributed by atoms with E-state index >= 15 is 0 Å². The SMILES string of the molecule is CS(=O)(=O)N1CCCC(Nc2ccc(C(F)(F)F)cn2)C1. The minimum atomic E-state index is -4.41. The van der Waals surface area contributed by atoms with Crippen molar-refractivity contribution in [3.05, 3.63) is 23.9 Å². The van der Waals surface area contributed by atoms with Gasteiger partial charge in [-0.1, -0.05) is 0 Å². The van der Waals surface area contributed by atoms with Gasteiger partial charge in [-0.15, -0.1) is 0 Å². The highest BCUT2D eigenvalue weighted by molar-refractivity contribution is 7.88. The molecule has 118 valence electrons. The highest BCUT2D eigenvalue weighted by Crippen LogP contribution is 2.29. The third-order valence-electron chi connectivity index (χ3n) is 3.30. The van der Waals surface area contributed by atoms with Gasteiger partial charge >= 0.3 is 6.18 Å². The van der Waals surface area contributed by atoms with Crippen LogP contribution in [0, 0.1) is 0 Å². The first-order valence-electron chi connectivity index (χ1n) is 6.41. The van der Waals surface area contributed by atoms with Crippen LogP contribution in [0.2, 0.25) is 0 Å². The Morgan fingerprint density at radius 1 is 1.38 bits per heavy atom. The number of rotatable bonds is 3. The predicted molar refractivity (Wildman–Crippen MR) is 72.3 cm³/mol. The van der Waals surface area contributed by atoms with E-state index in [1.165, 1.54) is 10.4 Å². The molecular formula is C12H16F3N3O2S. The van der Waals surface area contributed by atoms with Crippen LogP contribution in [0.25, 0.3) is 0 Å². The number of anilines is 1. The van der Waals surface area contributed by atoms with Gasteiger partial charge in [-0.25, -0.2) is 17.7 Å². The van der Waals surface area contributed by atoms with Crippen LogP contribution in [-0.2, 0) is 16.2 Å². The smallest absolute Gasteiger partial charge is 0.366 e. The van der Waals surface area contributed by atoms with E-state index in [2.05, 4.69) is 10.3 Å². The molecule has 1 atom stereocenters. The standard InChI is InChI=1S/C12H16F3N3O2S/c1-21(19,20)18-6-2-3-10(8-18)17-11-5-4-9(7-16-11)12(13,14)15/h4-5,7,10H,2-3,6,8H2,1H3,(H,16,17). The van der Waals surface area contributed by atoms with Crippen molar-refractivity contribution in [3.63, 3.8) is 0 Å². The Morgan fingerprint density at radius 2 is 2.10 bits per heavy atom. The van der Waals surface area contributed by atoms with E-state index in [9.17, 15) is 21.6 Å². The van der Waals surface area contributed by atoms with Gasteiger partial charge in [0, 0.05) is 25.3 Å². The van der Waals surface area contributed by atoms with Crippen molar-refractivity contribution in [1.29, 1.82) is 0 Å². The van der Waals surface area contributed by atoms with Crippen LogP contribution in [0.1, 0.15) is 18.4 Å². The van der Waals surface area contributed by atoms with E-state index in [0.29, 0.717) is 25.3 Å². The normalized spacial score (nSPS) is 21.2. The number of hydrogen-bond donors (Lipinski definition) is 1. The maximum atomic E-state index is 12.4. The van der Waals surface area contributed by atoms with Crippen molar-refractivity contribution in [1.82, 2.24) is 9.29 Å². The number of aromatic nitrogens is 1. The summed E-state index contributed by atoms with van der Waals surface area (Å²) in [6, 6.07) is 2.05. The van der Waals surface area contributed by atoms with Crippen LogP contribution in [0.3, 0.4) is 0 Å². The lowest BCUT2D eigenvalue weighted by atomic mass is 10.1. The number of pyridine rings is 1. The second kappa shape index (κ2) is 5.80. The molecule has 0 bridgehead atoms. The molecule has 1 N–H and O–H groups in total. The molecule has 0 radical (unpaired) electrons. The van der Waals surface area contributed by atoms with Gasteiger partial charge in [0.15, 0.2) is 0 Å². The molecule has 1 aromatic rings. The lowest BCUT2D eigenvalue weighted by molar-refractivity contribution is -0.137. The van der Waals surface area contributed by atoms with Crippen LogP contribution in [0.4, 0.5) is 19.0 Å². The van der Waals surface area contributed by atoms with Gasteiger partial charge in [-0.3, -0.25) is 0 Å². The van der Waals surface area contributed by atoms with E-state index < -0.39 is 21.8 Å². The fourth-order valence-corrected chi connectivity index (χ4v) is 3.13. The fourth-order valence-electron chi connectivity index (χ4n) is 2.22. The molecule has 0 aromatic carbocycles. The summed E-state index contributed by atoms with van der Waals surface area (Å²) in [5.74, 6) is 0.309. The van der Waals surface area contributed by atoms with Crippen LogP contribution >= 0.6 is 0 Å². The number of nitrogens with zero attached hydrogens (tertiary/aromatic N) is 2. The number of halogens is 3. The Kier molecular flexibility index (Phi) is 4.43. The van der Waals surface area contributed by atoms with Crippen LogP contribution < -0.4 is 5.32 Å². The molecule has 0 aliphatic carbocycles. The number of nitrogens with one attached hydrogen (secondary N) is 1. The summed E-state index contributed by atoms with van der Waals surface area (Å²) in [7, 11) is -3.25. The molecule has 21 heavy (non-hydrogen) atoms. The molecule has 5 nitrogen and oxygen atoms in total. The van der Waals surface area contributed by atoms with E-state index in [0.717, 1.165) is 24.9 Å². The molecule has 1 aliphatic heterocycles. The topological polar surface area (TPSA) is 62.3 Å². The van der Waals surface area contributed by atoms with Crippen molar-refractivity contribution in [2.75, 3.05) is 24.7 Å². The van der Waals surface area contributed by atoms with Crippen molar-refractivity contribution >= 4 is 15.8 Å². The largest absolute Gasteiger partial charge is 0.417 e. The summed E-state index contributed by atoms with van der Waals surface area (Å²) in [5.41, 5.74) is -0.811. The Balaban J connectivity index is 2.01. The quantitative estimate of drug-likeness (QED) is 0.923. The lowest BCUT2D eigenvalue weighted by Crippen LogP contribution is -2.44. The molecule has 2 heterocycles. The zero-order valence-corrected chi connectivity index (χ0v) is 12.2. The zero-order valence-electron chi connectivity index (χ0n) is 11.4. The van der Waals surface area contributed by atoms with Crippen molar-refractivity contribution < 1.29 is 21.6 Å². The van der Waals surface area contributed by atoms with Gasteiger partial charge in [0.2, 0.25) is 10.0 Å². The van der Waals surface area contributed by atoms with E-state index in [4.69, 9.17) is 0 Å². The van der Waals surface area contributed by atoms with Gasteiger partial charge in [-0.2, -0.15) is 13.2 Å². The molecule has 9 heteroatoms. The summed E-state index contributed by atoms with van der Waals surface area (Å²) in [5, 5.41) is 2.98. The third-order valence-corrected chi connectivity index (χ3v) is 4.57. The molecule has 0 amide bonds. The summed E-state index contributed by atoms with van der Waals surface area (Å²) in [6.45, 7) is 0.763. The van der Waals surface area contributed by atoms with Gasteiger partial charge in [0.25, 0.3) is 0 Å². The molecule has 1 aromatic heterocycles. The van der Waals surface area contributed by atoms with E-state index in [1.807, 2.05) is 0 Å². The summed E-state index contributed by atoms with van der Waals surface area (Å²) < 4.78 is 61.6. The van der Waals surface area contributed by atoms with Gasteiger partial charge in [0.05, 0.1) is 11.8 Å². The van der Waals surface area contributed by atoms with Crippen LogP contribution in [-0.4, -0.2) is 43.1 Å². The number of alkyl halides is 3. The number of sulfonamides is 1. The first-order valence-corrected chi connectivity index (χ1v) is 8.26. The molecule has 0 saturated carbocycles. The summed E-state index contributed by atoms with van der Waals surface area (Å²) in [6.07, 6.45) is -1.06. The fraction of sp³-hybridized carbons (Fsp3) is 0.583. The molecule has 1 aliphatic rings. The monoisotopic (exact) mass is 323 g/mol. The third kappa shape index (κ3) is 4.31. The zero-order chi connectivity index (χ0) is 15.7. The van der Waals surface area contributed by atoms with E-state index in [1.54, 1.807) is 0 Å². The lowest BCUT2D eigenvalue weighted by Gasteiger charge is -2.31. The molecule has 1 saturated heterocycles. The van der Waals surface area contributed by atoms with Crippen LogP contribution in [0.15, 0.2) is 18.3 Å². The Labute approximate surface area is 121 Å². The Hall–Kier alpha value is -1.35. The second-order valence-corrected chi connectivity index (χ2v) is 7.02. The van der Waals surface area contributed by atoms with Crippen molar-refractivity contribution in [3.8, 4) is 0 Å². The predicted octanol–water partition coefficient (Wildman–Crippen LogP) is 1.94. The summed E-state index contributed by atoms with van der Waals surface area (Å²) in [4.78, 5) is 3.73. The van der Waals surface area contributed by atoms with Crippen molar-refractivity contribution in [2.24, 2.45) is 0 Å². The van der Waals surface area contributed by atoms with Gasteiger partial charge in [-0.05, 0) is 25.0 Å². The Bertz CT molecular complexity index is 587. The summed E-state index contributed by atoms with van der Waals surface area (Å²) >= 11 is 0. The molecule has 1 fully saturated rings. The van der Waals surface area contributed by atoms with E-state index in [-0.39, 0.29) is 6.04 Å². The average molecular weight is 323 g/mol. The average Bonchev–Trinajstić information content (AvgIpc) is 2.37. The van der Waals surface area contributed by atoms with Gasteiger partial charge in [0.1, 0.15) is 5.82 Å². The minimum absolute atomic E-state index is 0.155.